The van der Waals surface area contributed by atoms with Crippen molar-refractivity contribution in [2.75, 3.05) is 13.1 Å². The third-order valence-electron chi connectivity index (χ3n) is 4.57. The normalized spacial score (nSPS) is 16.6. The average Bonchev–Trinajstić information content (AvgIpc) is 2.64. The second kappa shape index (κ2) is 7.98. The highest BCUT2D eigenvalue weighted by molar-refractivity contribution is 7.87. The van der Waals surface area contributed by atoms with Crippen LogP contribution in [0.1, 0.15) is 18.4 Å². The number of H-pyrrole nitrogens is 1. The van der Waals surface area contributed by atoms with Crippen LogP contribution in [0.3, 0.4) is 0 Å². The molecule has 2 aromatic rings. The predicted molar refractivity (Wildman–Crippen MR) is 97.8 cm³/mol. The van der Waals surface area contributed by atoms with E-state index in [1.165, 1.54) is 21.1 Å². The molecule has 0 saturated carbocycles. The Bertz CT molecular complexity index is 944. The fourth-order valence-corrected chi connectivity index (χ4v) is 4.28. The summed E-state index contributed by atoms with van der Waals surface area (Å²) in [5, 5.41) is 0. The van der Waals surface area contributed by atoms with Gasteiger partial charge in [-0.1, -0.05) is 30.3 Å². The number of hydrogen-bond acceptors (Lipinski definition) is 4. The lowest BCUT2D eigenvalue weighted by Crippen LogP contribution is -2.45. The summed E-state index contributed by atoms with van der Waals surface area (Å²) < 4.78 is 30.4. The van der Waals surface area contributed by atoms with Crippen LogP contribution in [-0.2, 0) is 23.3 Å². The van der Waals surface area contributed by atoms with Crippen molar-refractivity contribution in [2.24, 2.45) is 5.92 Å². The third-order valence-corrected chi connectivity index (χ3v) is 6.12. The molecular formula is C17H22N4O4S. The summed E-state index contributed by atoms with van der Waals surface area (Å²) in [4.78, 5) is 25.1. The summed E-state index contributed by atoms with van der Waals surface area (Å²) in [6, 6.07) is 10.7. The molecule has 1 aromatic carbocycles. The zero-order valence-corrected chi connectivity index (χ0v) is 15.1. The largest absolute Gasteiger partial charge is 0.328 e. The van der Waals surface area contributed by atoms with Gasteiger partial charge in [0.15, 0.2) is 0 Å². The van der Waals surface area contributed by atoms with Crippen molar-refractivity contribution in [2.45, 2.75) is 25.9 Å². The van der Waals surface area contributed by atoms with Gasteiger partial charge in [0.1, 0.15) is 0 Å². The molecule has 8 nitrogen and oxygen atoms in total. The van der Waals surface area contributed by atoms with E-state index in [2.05, 4.69) is 9.71 Å². The Morgan fingerprint density at radius 3 is 2.42 bits per heavy atom. The van der Waals surface area contributed by atoms with E-state index in [9.17, 15) is 18.0 Å². The third kappa shape index (κ3) is 4.69. The van der Waals surface area contributed by atoms with Crippen molar-refractivity contribution in [1.82, 2.24) is 18.6 Å². The molecule has 0 amide bonds. The zero-order chi connectivity index (χ0) is 18.6. The molecule has 9 heteroatoms. The van der Waals surface area contributed by atoms with E-state index >= 15 is 0 Å². The summed E-state index contributed by atoms with van der Waals surface area (Å²) in [6.07, 6.45) is 2.81. The molecule has 0 bridgehead atoms. The maximum absolute atomic E-state index is 12.4. The average molecular weight is 378 g/mol. The summed E-state index contributed by atoms with van der Waals surface area (Å²) in [5.41, 5.74) is 0.0529. The highest BCUT2D eigenvalue weighted by Crippen LogP contribution is 2.20. The Morgan fingerprint density at radius 2 is 1.77 bits per heavy atom. The van der Waals surface area contributed by atoms with Crippen LogP contribution in [0.2, 0.25) is 0 Å². The Labute approximate surface area is 151 Å². The van der Waals surface area contributed by atoms with Gasteiger partial charge in [-0.3, -0.25) is 9.78 Å². The number of rotatable bonds is 6. The first-order chi connectivity index (χ1) is 12.4. The minimum Gasteiger partial charge on any atom is -0.300 e. The minimum absolute atomic E-state index is 0.194. The first kappa shape index (κ1) is 18.6. The molecule has 0 atom stereocenters. The fraction of sp³-hybridized carbons (Fsp3) is 0.412. The maximum Gasteiger partial charge on any atom is 0.328 e. The summed E-state index contributed by atoms with van der Waals surface area (Å²) >= 11 is 0. The SMILES string of the molecule is O=c1ccn(CC2CCN(S(=O)(=O)NCc3ccccc3)CC2)c(=O)[nH]1. The molecule has 1 aliphatic rings. The first-order valence-electron chi connectivity index (χ1n) is 8.52. The van der Waals surface area contributed by atoms with E-state index < -0.39 is 21.5 Å². The van der Waals surface area contributed by atoms with Gasteiger partial charge >= 0.3 is 5.69 Å². The van der Waals surface area contributed by atoms with Crippen LogP contribution in [0.15, 0.2) is 52.2 Å². The Morgan fingerprint density at radius 1 is 1.08 bits per heavy atom. The van der Waals surface area contributed by atoms with Crippen LogP contribution in [0.25, 0.3) is 0 Å². The van der Waals surface area contributed by atoms with Crippen LogP contribution in [0.4, 0.5) is 0 Å². The summed E-state index contributed by atoms with van der Waals surface area (Å²) in [6.45, 7) is 1.55. The van der Waals surface area contributed by atoms with Gasteiger partial charge in [-0.2, -0.15) is 17.4 Å². The Hall–Kier alpha value is -2.23. The minimum atomic E-state index is -3.52. The molecule has 3 rings (SSSR count). The van der Waals surface area contributed by atoms with Crippen molar-refractivity contribution in [3.8, 4) is 0 Å². The smallest absolute Gasteiger partial charge is 0.300 e. The number of aromatic amines is 1. The van der Waals surface area contributed by atoms with E-state index in [0.29, 0.717) is 32.5 Å². The maximum atomic E-state index is 12.4. The molecule has 2 N–H and O–H groups in total. The standard InChI is InChI=1S/C17H22N4O4S/c22-16-8-9-20(17(23)19-16)13-15-6-10-21(11-7-15)26(24,25)18-12-14-4-2-1-3-5-14/h1-5,8-9,15,18H,6-7,10-13H2,(H,19,22,23). The Kier molecular flexibility index (Phi) is 5.70. The molecule has 0 spiro atoms. The van der Waals surface area contributed by atoms with E-state index in [4.69, 9.17) is 0 Å². The van der Waals surface area contributed by atoms with Gasteiger partial charge in [-0.25, -0.2) is 4.79 Å². The van der Waals surface area contributed by atoms with E-state index in [-0.39, 0.29) is 12.5 Å². The van der Waals surface area contributed by atoms with Crippen molar-refractivity contribution in [3.05, 3.63) is 69.0 Å². The number of nitrogens with zero attached hydrogens (tertiary/aromatic N) is 2. The molecule has 0 aliphatic carbocycles. The van der Waals surface area contributed by atoms with Crippen LogP contribution in [-0.4, -0.2) is 35.4 Å². The monoisotopic (exact) mass is 378 g/mol. The molecule has 26 heavy (non-hydrogen) atoms. The van der Waals surface area contributed by atoms with Gasteiger partial charge in [0, 0.05) is 38.4 Å². The number of aromatic nitrogens is 2. The molecule has 140 valence electrons. The van der Waals surface area contributed by atoms with Gasteiger partial charge in [0.25, 0.3) is 15.8 Å². The van der Waals surface area contributed by atoms with Gasteiger partial charge in [0.05, 0.1) is 0 Å². The van der Waals surface area contributed by atoms with E-state index in [0.717, 1.165) is 5.56 Å². The van der Waals surface area contributed by atoms with Gasteiger partial charge in [0.2, 0.25) is 0 Å². The molecular weight excluding hydrogens is 356 g/mol. The molecule has 0 unspecified atom stereocenters. The molecule has 1 saturated heterocycles. The number of hydrogen-bond donors (Lipinski definition) is 2. The second-order valence-electron chi connectivity index (χ2n) is 6.42. The van der Waals surface area contributed by atoms with Crippen LogP contribution in [0.5, 0.6) is 0 Å². The number of benzene rings is 1. The number of nitrogens with one attached hydrogen (secondary N) is 2. The molecule has 1 aromatic heterocycles. The second-order valence-corrected chi connectivity index (χ2v) is 8.17. The molecule has 1 aliphatic heterocycles. The lowest BCUT2D eigenvalue weighted by molar-refractivity contribution is 0.248. The lowest BCUT2D eigenvalue weighted by atomic mass is 9.98. The fourth-order valence-electron chi connectivity index (χ4n) is 3.06. The van der Waals surface area contributed by atoms with E-state index in [1.54, 1.807) is 0 Å². The highest BCUT2D eigenvalue weighted by Gasteiger charge is 2.28. The number of piperidine rings is 1. The van der Waals surface area contributed by atoms with Crippen LogP contribution in [0, 0.1) is 5.92 Å². The van der Waals surface area contributed by atoms with Crippen LogP contribution < -0.4 is 16.0 Å². The van der Waals surface area contributed by atoms with Crippen molar-refractivity contribution >= 4 is 10.2 Å². The summed E-state index contributed by atoms with van der Waals surface area (Å²) in [5.74, 6) is 0.194. The van der Waals surface area contributed by atoms with Crippen molar-refractivity contribution < 1.29 is 8.42 Å². The van der Waals surface area contributed by atoms with Gasteiger partial charge in [-0.05, 0) is 24.3 Å². The first-order valence-corrected chi connectivity index (χ1v) is 9.96. The predicted octanol–water partition coefficient (Wildman–Crippen LogP) is 0.283. The quantitative estimate of drug-likeness (QED) is 0.753. The topological polar surface area (TPSA) is 104 Å². The summed E-state index contributed by atoms with van der Waals surface area (Å²) in [7, 11) is -3.52. The zero-order valence-electron chi connectivity index (χ0n) is 14.3. The lowest BCUT2D eigenvalue weighted by Gasteiger charge is -2.31. The van der Waals surface area contributed by atoms with Crippen molar-refractivity contribution in [3.63, 3.8) is 0 Å². The Balaban J connectivity index is 1.54. The molecule has 0 radical (unpaired) electrons. The van der Waals surface area contributed by atoms with E-state index in [1.807, 2.05) is 30.3 Å². The van der Waals surface area contributed by atoms with Crippen LogP contribution >= 0.6 is 0 Å². The van der Waals surface area contributed by atoms with Gasteiger partial charge < -0.3 is 4.57 Å². The molecule has 2 heterocycles. The molecule has 1 fully saturated rings. The van der Waals surface area contributed by atoms with Crippen molar-refractivity contribution in [1.29, 1.82) is 0 Å². The highest BCUT2D eigenvalue weighted by atomic mass is 32.2. The van der Waals surface area contributed by atoms with Gasteiger partial charge in [-0.15, -0.1) is 0 Å².